The van der Waals surface area contributed by atoms with Gasteiger partial charge in [0, 0.05) is 19.4 Å². The summed E-state index contributed by atoms with van der Waals surface area (Å²) in [6.45, 7) is 17.4. The highest BCUT2D eigenvalue weighted by Crippen LogP contribution is 2.27. The van der Waals surface area contributed by atoms with Crippen LogP contribution in [0.2, 0.25) is 0 Å². The Bertz CT molecular complexity index is 1180. The molecule has 1 aromatic carbocycles. The second-order valence-corrected chi connectivity index (χ2v) is 12.2. The lowest BCUT2D eigenvalue weighted by molar-refractivity contribution is -0.149. The summed E-state index contributed by atoms with van der Waals surface area (Å²) >= 11 is 0. The van der Waals surface area contributed by atoms with Gasteiger partial charge in [0.2, 0.25) is 17.7 Å². The number of amides is 3. The van der Waals surface area contributed by atoms with Gasteiger partial charge in [0.25, 0.3) is 0 Å². The first-order valence-corrected chi connectivity index (χ1v) is 14.2. The summed E-state index contributed by atoms with van der Waals surface area (Å²) in [7, 11) is 1.54. The number of nitrogens with zero attached hydrogens (tertiary/aromatic N) is 1. The van der Waals surface area contributed by atoms with Crippen molar-refractivity contribution in [1.82, 2.24) is 15.5 Å². The summed E-state index contributed by atoms with van der Waals surface area (Å²) in [5.74, 6) is -2.24. The minimum Gasteiger partial charge on any atom is -0.456 e. The van der Waals surface area contributed by atoms with E-state index >= 15 is 0 Å². The van der Waals surface area contributed by atoms with Gasteiger partial charge in [0.1, 0.15) is 24.7 Å². The van der Waals surface area contributed by atoms with Gasteiger partial charge in [-0.25, -0.2) is 0 Å². The fraction of sp³-hybridized carbons (Fsp3) is 0.515. The quantitative estimate of drug-likeness (QED) is 0.311. The Morgan fingerprint density at radius 2 is 1.73 bits per heavy atom. The Hall–Kier alpha value is -3.68. The van der Waals surface area contributed by atoms with Crippen molar-refractivity contribution in [2.24, 2.45) is 11.3 Å². The van der Waals surface area contributed by atoms with Crippen LogP contribution in [0.1, 0.15) is 66.9 Å². The first-order valence-electron chi connectivity index (χ1n) is 14.2. The van der Waals surface area contributed by atoms with Gasteiger partial charge >= 0.3 is 5.97 Å². The summed E-state index contributed by atoms with van der Waals surface area (Å²) in [5.41, 5.74) is 3.37. The van der Waals surface area contributed by atoms with Crippen molar-refractivity contribution in [2.75, 3.05) is 13.6 Å². The normalized spacial score (nSPS) is 24.7. The lowest BCUT2D eigenvalue weighted by Gasteiger charge is -2.30. The van der Waals surface area contributed by atoms with Crippen LogP contribution in [0.25, 0.3) is 0 Å². The molecule has 0 aromatic heterocycles. The molecule has 2 N–H and O–H groups in total. The van der Waals surface area contributed by atoms with Crippen molar-refractivity contribution in [1.29, 1.82) is 0 Å². The number of carbonyl (C=O) groups excluding carboxylic acids is 4. The zero-order valence-electron chi connectivity index (χ0n) is 25.9. The molecule has 4 unspecified atom stereocenters. The van der Waals surface area contributed by atoms with Crippen LogP contribution in [0, 0.1) is 11.3 Å². The van der Waals surface area contributed by atoms with Gasteiger partial charge in [0.15, 0.2) is 0 Å². The highest BCUT2D eigenvalue weighted by atomic mass is 16.5. The third kappa shape index (κ3) is 10.7. The molecular formula is C33H47N3O5. The average Bonchev–Trinajstić information content (AvgIpc) is 2.88. The van der Waals surface area contributed by atoms with Crippen molar-refractivity contribution in [3.8, 4) is 0 Å². The number of likely N-dealkylation sites (N-methyl/N-ethyl adjacent to an activating group) is 1. The van der Waals surface area contributed by atoms with Gasteiger partial charge in [-0.3, -0.25) is 19.2 Å². The number of esters is 1. The van der Waals surface area contributed by atoms with E-state index in [9.17, 15) is 19.2 Å². The van der Waals surface area contributed by atoms with E-state index < -0.39 is 41.9 Å². The van der Waals surface area contributed by atoms with E-state index in [2.05, 4.69) is 44.1 Å². The summed E-state index contributed by atoms with van der Waals surface area (Å²) in [4.78, 5) is 53.9. The third-order valence-corrected chi connectivity index (χ3v) is 7.13. The van der Waals surface area contributed by atoms with Crippen molar-refractivity contribution in [3.05, 3.63) is 71.3 Å². The molecule has 0 saturated carbocycles. The zero-order chi connectivity index (χ0) is 30.9. The molecule has 1 aromatic rings. The molecule has 0 spiro atoms. The first-order chi connectivity index (χ1) is 19.1. The second-order valence-electron chi connectivity index (χ2n) is 12.2. The highest BCUT2D eigenvalue weighted by molar-refractivity contribution is 5.93. The predicted molar refractivity (Wildman–Crippen MR) is 162 cm³/mol. The highest BCUT2D eigenvalue weighted by Gasteiger charge is 2.32. The Morgan fingerprint density at radius 3 is 2.34 bits per heavy atom. The number of benzene rings is 1. The van der Waals surface area contributed by atoms with Crippen LogP contribution in [0.5, 0.6) is 0 Å². The predicted octanol–water partition coefficient (Wildman–Crippen LogP) is 4.51. The number of cyclic esters (lactones) is 1. The van der Waals surface area contributed by atoms with E-state index in [0.717, 1.165) is 16.7 Å². The van der Waals surface area contributed by atoms with Crippen LogP contribution in [-0.2, 0) is 30.3 Å². The maximum atomic E-state index is 13.3. The molecule has 1 saturated heterocycles. The van der Waals surface area contributed by atoms with E-state index in [1.165, 1.54) is 11.9 Å². The Kier molecular flexibility index (Phi) is 12.1. The van der Waals surface area contributed by atoms with E-state index in [4.69, 9.17) is 4.74 Å². The fourth-order valence-corrected chi connectivity index (χ4v) is 5.06. The van der Waals surface area contributed by atoms with Crippen LogP contribution in [0.15, 0.2) is 65.8 Å². The summed E-state index contributed by atoms with van der Waals surface area (Å²) in [5, 5.41) is 5.42. The van der Waals surface area contributed by atoms with Crippen molar-refractivity contribution in [3.63, 3.8) is 0 Å². The molecule has 8 heteroatoms. The lowest BCUT2D eigenvalue weighted by Crippen LogP contribution is -2.54. The van der Waals surface area contributed by atoms with Gasteiger partial charge in [-0.2, -0.15) is 0 Å². The van der Waals surface area contributed by atoms with Crippen LogP contribution < -0.4 is 10.6 Å². The molecule has 2 rings (SSSR count). The standard InChI is InChI=1S/C33H47N3O5/c1-21(19-33(6,7)8)17-23(3)30-24(4)22(2)18-28(37)35-25(5)32(40)36(9)27(31(39)34-20-29(38)41-30)16-15-26-13-11-10-12-14-26/h10-14,17,19,24-25,27,30H,2,15-16,18,20H2,1,3-9H3,(H,34,39)(H,35,37). The molecule has 1 fully saturated rings. The topological polar surface area (TPSA) is 105 Å². The van der Waals surface area contributed by atoms with Crippen molar-refractivity contribution in [2.45, 2.75) is 85.9 Å². The van der Waals surface area contributed by atoms with Crippen LogP contribution >= 0.6 is 0 Å². The molecule has 8 nitrogen and oxygen atoms in total. The lowest BCUT2D eigenvalue weighted by atomic mass is 9.88. The number of aryl methyl sites for hydroxylation is 1. The molecule has 0 aliphatic carbocycles. The van der Waals surface area contributed by atoms with Gasteiger partial charge < -0.3 is 20.3 Å². The smallest absolute Gasteiger partial charge is 0.326 e. The van der Waals surface area contributed by atoms with Gasteiger partial charge in [0.05, 0.1) is 0 Å². The van der Waals surface area contributed by atoms with E-state index in [0.29, 0.717) is 18.4 Å². The Balaban J connectivity index is 2.39. The number of ether oxygens (including phenoxy) is 1. The molecule has 3 amide bonds. The molecule has 0 radical (unpaired) electrons. The summed E-state index contributed by atoms with van der Waals surface area (Å²) in [6.07, 6.45) is 4.26. The SMILES string of the molecule is C=C1CC(=O)NC(C)C(=O)N(C)C(CCc2ccccc2)C(=O)NCC(=O)OC(C(C)=CC(C)=CC(C)(C)C)C1C. The number of carbonyl (C=O) groups is 4. The minimum atomic E-state index is -0.853. The molecular weight excluding hydrogens is 518 g/mol. The summed E-state index contributed by atoms with van der Waals surface area (Å²) < 4.78 is 5.90. The average molecular weight is 566 g/mol. The van der Waals surface area contributed by atoms with Crippen LogP contribution in [0.4, 0.5) is 0 Å². The third-order valence-electron chi connectivity index (χ3n) is 7.13. The number of rotatable bonds is 5. The molecule has 0 bridgehead atoms. The first kappa shape index (κ1) is 33.5. The summed E-state index contributed by atoms with van der Waals surface area (Å²) in [6, 6.07) is 7.94. The largest absolute Gasteiger partial charge is 0.456 e. The number of allylic oxidation sites excluding steroid dienone is 3. The molecule has 224 valence electrons. The maximum absolute atomic E-state index is 13.3. The second kappa shape index (κ2) is 14.8. The monoisotopic (exact) mass is 565 g/mol. The van der Waals surface area contributed by atoms with E-state index in [-0.39, 0.29) is 24.3 Å². The minimum absolute atomic E-state index is 0.0325. The van der Waals surface area contributed by atoms with Crippen molar-refractivity contribution >= 4 is 23.7 Å². The van der Waals surface area contributed by atoms with Gasteiger partial charge in [-0.05, 0) is 50.2 Å². The van der Waals surface area contributed by atoms with Gasteiger partial charge in [-0.15, -0.1) is 0 Å². The number of hydrogen-bond acceptors (Lipinski definition) is 5. The zero-order valence-corrected chi connectivity index (χ0v) is 25.9. The Labute approximate surface area is 245 Å². The van der Waals surface area contributed by atoms with E-state index in [1.54, 1.807) is 6.92 Å². The number of nitrogens with one attached hydrogen (secondary N) is 2. The van der Waals surface area contributed by atoms with E-state index in [1.807, 2.05) is 57.2 Å². The molecule has 4 atom stereocenters. The van der Waals surface area contributed by atoms with Gasteiger partial charge in [-0.1, -0.05) is 87.9 Å². The number of hydrogen-bond donors (Lipinski definition) is 2. The molecule has 1 aliphatic heterocycles. The Morgan fingerprint density at radius 1 is 1.10 bits per heavy atom. The van der Waals surface area contributed by atoms with Crippen LogP contribution in [-0.4, -0.2) is 60.4 Å². The molecule has 1 aliphatic rings. The fourth-order valence-electron chi connectivity index (χ4n) is 5.06. The van der Waals surface area contributed by atoms with Crippen molar-refractivity contribution < 1.29 is 23.9 Å². The maximum Gasteiger partial charge on any atom is 0.326 e. The molecule has 41 heavy (non-hydrogen) atoms. The van der Waals surface area contributed by atoms with Crippen LogP contribution in [0.3, 0.4) is 0 Å². The molecule has 1 heterocycles.